The van der Waals surface area contributed by atoms with Crippen LogP contribution in [0.3, 0.4) is 0 Å². The first-order valence-electron chi connectivity index (χ1n) is 6.80. The number of halogens is 4. The Balaban J connectivity index is 2.53. The van der Waals surface area contributed by atoms with Crippen molar-refractivity contribution in [2.24, 2.45) is 0 Å². The molecule has 6 heteroatoms. The third-order valence-corrected chi connectivity index (χ3v) is 4.15. The van der Waals surface area contributed by atoms with Gasteiger partial charge in [0, 0.05) is 5.88 Å². The summed E-state index contributed by atoms with van der Waals surface area (Å²) < 4.78 is 50.2. The lowest BCUT2D eigenvalue weighted by Crippen LogP contribution is -2.33. The molecule has 1 heterocycles. The van der Waals surface area contributed by atoms with Crippen molar-refractivity contribution < 1.29 is 22.6 Å². The monoisotopic (exact) mass is 322 g/mol. The molecule has 118 valence electrons. The van der Waals surface area contributed by atoms with Gasteiger partial charge in [-0.05, 0) is 49.4 Å². The first kappa shape index (κ1) is 16.4. The van der Waals surface area contributed by atoms with Crippen molar-refractivity contribution >= 4 is 11.6 Å². The summed E-state index contributed by atoms with van der Waals surface area (Å²) in [5.74, 6) is 0.319. The molecule has 2 rings (SSSR count). The van der Waals surface area contributed by atoms with Gasteiger partial charge in [0.2, 0.25) is 0 Å². The molecular weight excluding hydrogens is 305 g/mol. The number of hydrogen-bond acceptors (Lipinski definition) is 2. The topological polar surface area (TPSA) is 18.5 Å². The molecule has 21 heavy (non-hydrogen) atoms. The third-order valence-electron chi connectivity index (χ3n) is 3.88. The molecule has 0 N–H and O–H groups in total. The lowest BCUT2D eigenvalue weighted by Gasteiger charge is -2.37. The van der Waals surface area contributed by atoms with E-state index >= 15 is 0 Å². The Morgan fingerprint density at radius 1 is 1.38 bits per heavy atom. The minimum Gasteiger partial charge on any atom is -0.496 e. The van der Waals surface area contributed by atoms with Crippen molar-refractivity contribution in [1.29, 1.82) is 0 Å². The number of rotatable bonds is 4. The van der Waals surface area contributed by atoms with E-state index in [4.69, 9.17) is 21.1 Å². The first-order chi connectivity index (χ1) is 9.81. The van der Waals surface area contributed by atoms with Gasteiger partial charge in [-0.15, -0.1) is 11.6 Å². The van der Waals surface area contributed by atoms with Crippen molar-refractivity contribution in [1.82, 2.24) is 0 Å². The van der Waals surface area contributed by atoms with E-state index in [0.29, 0.717) is 37.3 Å². The number of benzene rings is 1. The van der Waals surface area contributed by atoms with Crippen molar-refractivity contribution in [3.8, 4) is 5.75 Å². The highest BCUT2D eigenvalue weighted by Crippen LogP contribution is 2.44. The zero-order chi connectivity index (χ0) is 15.7. The second-order valence-corrected chi connectivity index (χ2v) is 5.71. The second kappa shape index (κ2) is 6.05. The van der Waals surface area contributed by atoms with E-state index in [0.717, 1.165) is 5.56 Å². The number of ether oxygens (including phenoxy) is 2. The number of hydrogen-bond donors (Lipinski definition) is 0. The van der Waals surface area contributed by atoms with E-state index in [1.54, 1.807) is 0 Å². The Labute approximate surface area is 127 Å². The van der Waals surface area contributed by atoms with Gasteiger partial charge in [-0.2, -0.15) is 13.2 Å². The van der Waals surface area contributed by atoms with Crippen LogP contribution in [0.15, 0.2) is 12.1 Å². The maximum absolute atomic E-state index is 13.2. The van der Waals surface area contributed by atoms with E-state index in [1.807, 2.05) is 6.92 Å². The molecule has 1 aromatic rings. The lowest BCUT2D eigenvalue weighted by atomic mass is 9.83. The molecule has 1 aliphatic rings. The van der Waals surface area contributed by atoms with Gasteiger partial charge >= 0.3 is 6.18 Å². The predicted octanol–water partition coefficient (Wildman–Crippen LogP) is 4.52. The Bertz CT molecular complexity index is 516. The van der Waals surface area contributed by atoms with Gasteiger partial charge in [0.05, 0.1) is 24.9 Å². The zero-order valence-electron chi connectivity index (χ0n) is 12.0. The van der Waals surface area contributed by atoms with Crippen LogP contribution in [0.1, 0.15) is 36.5 Å². The molecule has 0 radical (unpaired) electrons. The fourth-order valence-electron chi connectivity index (χ4n) is 2.79. The molecule has 1 unspecified atom stereocenters. The molecule has 2 nitrogen and oxygen atoms in total. The molecule has 0 saturated carbocycles. The summed E-state index contributed by atoms with van der Waals surface area (Å²) in [5, 5.41) is 0. The summed E-state index contributed by atoms with van der Waals surface area (Å²) >= 11 is 5.71. The smallest absolute Gasteiger partial charge is 0.419 e. The van der Waals surface area contributed by atoms with E-state index in [1.165, 1.54) is 19.2 Å². The molecule has 1 atom stereocenters. The molecule has 0 aromatic heterocycles. The summed E-state index contributed by atoms with van der Waals surface area (Å²) in [6, 6.07) is 2.65. The molecule has 0 amide bonds. The summed E-state index contributed by atoms with van der Waals surface area (Å²) in [4.78, 5) is 0. The number of fused-ring (bicyclic) bond motifs is 1. The molecule has 0 saturated heterocycles. The largest absolute Gasteiger partial charge is 0.496 e. The normalized spacial score (nSPS) is 22.0. The Hall–Kier alpha value is -0.940. The van der Waals surface area contributed by atoms with Crippen molar-refractivity contribution in [3.05, 3.63) is 28.8 Å². The van der Waals surface area contributed by atoms with Crippen LogP contribution in [0.4, 0.5) is 13.2 Å². The average Bonchev–Trinajstić information content (AvgIpc) is 2.43. The third kappa shape index (κ3) is 3.29. The van der Waals surface area contributed by atoms with Crippen LogP contribution in [-0.2, 0) is 22.9 Å². The summed E-state index contributed by atoms with van der Waals surface area (Å²) in [6.07, 6.45) is -2.59. The highest BCUT2D eigenvalue weighted by atomic mass is 35.5. The SMILES string of the molecule is COc1cc2c(cc1C(F)(F)F)C(C)(CCCCl)OCC2. The summed E-state index contributed by atoms with van der Waals surface area (Å²) in [7, 11) is 1.25. The van der Waals surface area contributed by atoms with E-state index in [9.17, 15) is 13.2 Å². The molecule has 0 fully saturated rings. The second-order valence-electron chi connectivity index (χ2n) is 5.33. The minimum atomic E-state index is -4.45. The molecule has 0 spiro atoms. The standard InChI is InChI=1S/C15H18ClF3O2/c1-14(5-3-6-16)11-9-12(15(17,18)19)13(20-2)8-10(11)4-7-21-14/h8-9H,3-7H2,1-2H3. The van der Waals surface area contributed by atoms with Crippen LogP contribution in [0.5, 0.6) is 5.75 Å². The Kier molecular flexibility index (Phi) is 4.73. The van der Waals surface area contributed by atoms with Gasteiger partial charge in [0.25, 0.3) is 0 Å². The minimum absolute atomic E-state index is 0.136. The van der Waals surface area contributed by atoms with E-state index in [-0.39, 0.29) is 5.75 Å². The summed E-state index contributed by atoms with van der Waals surface area (Å²) in [5.41, 5.74) is -0.0455. The molecule has 0 bridgehead atoms. The quantitative estimate of drug-likeness (QED) is 0.759. The first-order valence-corrected chi connectivity index (χ1v) is 7.34. The predicted molar refractivity (Wildman–Crippen MR) is 75.0 cm³/mol. The van der Waals surface area contributed by atoms with Gasteiger partial charge in [-0.25, -0.2) is 0 Å². The highest BCUT2D eigenvalue weighted by molar-refractivity contribution is 6.17. The van der Waals surface area contributed by atoms with Crippen LogP contribution in [0.2, 0.25) is 0 Å². The van der Waals surface area contributed by atoms with Gasteiger partial charge in [0.15, 0.2) is 0 Å². The van der Waals surface area contributed by atoms with Crippen LogP contribution in [0, 0.1) is 0 Å². The fraction of sp³-hybridized carbons (Fsp3) is 0.600. The van der Waals surface area contributed by atoms with Crippen molar-refractivity contribution in [2.75, 3.05) is 19.6 Å². The zero-order valence-corrected chi connectivity index (χ0v) is 12.8. The Morgan fingerprint density at radius 2 is 2.10 bits per heavy atom. The fourth-order valence-corrected chi connectivity index (χ4v) is 2.92. The molecular formula is C15H18ClF3O2. The maximum Gasteiger partial charge on any atom is 0.419 e. The van der Waals surface area contributed by atoms with Gasteiger partial charge < -0.3 is 9.47 Å². The molecule has 0 aliphatic carbocycles. The summed E-state index contributed by atoms with van der Waals surface area (Å²) in [6.45, 7) is 2.31. The maximum atomic E-state index is 13.2. The number of methoxy groups -OCH3 is 1. The van der Waals surface area contributed by atoms with Crippen LogP contribution < -0.4 is 4.74 Å². The van der Waals surface area contributed by atoms with Crippen molar-refractivity contribution in [2.45, 2.75) is 38.0 Å². The van der Waals surface area contributed by atoms with E-state index in [2.05, 4.69) is 0 Å². The Morgan fingerprint density at radius 3 is 2.67 bits per heavy atom. The average molecular weight is 323 g/mol. The van der Waals surface area contributed by atoms with Gasteiger partial charge in [0.1, 0.15) is 5.75 Å². The highest BCUT2D eigenvalue weighted by Gasteiger charge is 2.39. The molecule has 1 aromatic carbocycles. The molecule has 1 aliphatic heterocycles. The van der Waals surface area contributed by atoms with Gasteiger partial charge in [-0.3, -0.25) is 0 Å². The van der Waals surface area contributed by atoms with Gasteiger partial charge in [-0.1, -0.05) is 0 Å². The van der Waals surface area contributed by atoms with E-state index < -0.39 is 17.3 Å². The van der Waals surface area contributed by atoms with Crippen LogP contribution in [-0.4, -0.2) is 19.6 Å². The number of alkyl halides is 4. The van der Waals surface area contributed by atoms with Crippen LogP contribution in [0.25, 0.3) is 0 Å². The van der Waals surface area contributed by atoms with Crippen molar-refractivity contribution in [3.63, 3.8) is 0 Å². The lowest BCUT2D eigenvalue weighted by molar-refractivity contribution is -0.139. The van der Waals surface area contributed by atoms with Crippen LogP contribution >= 0.6 is 11.6 Å².